The van der Waals surface area contributed by atoms with Gasteiger partial charge in [-0.15, -0.1) is 0 Å². The Kier molecular flexibility index (Phi) is 4.25. The normalized spacial score (nSPS) is 14.6. The summed E-state index contributed by atoms with van der Waals surface area (Å²) in [4.78, 5) is 6.48. The SMILES string of the molecule is CN(C)CCOc1cccc(-c2ocnc2CC2CC2)c1. The Hall–Kier alpha value is -1.81. The number of oxazole rings is 1. The maximum absolute atomic E-state index is 5.79. The fourth-order valence-electron chi connectivity index (χ4n) is 2.32. The molecular formula is C17H22N2O2. The second kappa shape index (κ2) is 6.31. The van der Waals surface area contributed by atoms with Crippen molar-refractivity contribution in [1.29, 1.82) is 0 Å². The smallest absolute Gasteiger partial charge is 0.181 e. The molecule has 4 nitrogen and oxygen atoms in total. The Morgan fingerprint density at radius 3 is 2.95 bits per heavy atom. The van der Waals surface area contributed by atoms with Crippen LogP contribution in [0.4, 0.5) is 0 Å². The third-order valence-corrected chi connectivity index (χ3v) is 3.72. The second-order valence-corrected chi connectivity index (χ2v) is 5.96. The van der Waals surface area contributed by atoms with Gasteiger partial charge in [-0.05, 0) is 51.4 Å². The standard InChI is InChI=1S/C17H22N2O2/c1-19(2)8-9-20-15-5-3-4-14(11-15)17-16(18-12-21-17)10-13-6-7-13/h3-5,11-13H,6-10H2,1-2H3. The Morgan fingerprint density at radius 2 is 2.19 bits per heavy atom. The van der Waals surface area contributed by atoms with E-state index in [1.165, 1.54) is 12.8 Å². The van der Waals surface area contributed by atoms with Gasteiger partial charge in [0, 0.05) is 12.1 Å². The van der Waals surface area contributed by atoms with Crippen molar-refractivity contribution in [3.8, 4) is 17.1 Å². The van der Waals surface area contributed by atoms with Crippen molar-refractivity contribution < 1.29 is 9.15 Å². The summed E-state index contributed by atoms with van der Waals surface area (Å²) in [6.07, 6.45) is 5.21. The summed E-state index contributed by atoms with van der Waals surface area (Å²) in [5, 5.41) is 0. The first-order valence-corrected chi connectivity index (χ1v) is 7.52. The molecule has 0 bridgehead atoms. The molecule has 3 rings (SSSR count). The maximum atomic E-state index is 5.79. The summed E-state index contributed by atoms with van der Waals surface area (Å²) in [6.45, 7) is 1.58. The first kappa shape index (κ1) is 14.1. The number of hydrogen-bond donors (Lipinski definition) is 0. The number of benzene rings is 1. The fourth-order valence-corrected chi connectivity index (χ4v) is 2.32. The van der Waals surface area contributed by atoms with Gasteiger partial charge in [0.05, 0.1) is 5.69 Å². The van der Waals surface area contributed by atoms with Crippen LogP contribution in [0, 0.1) is 5.92 Å². The lowest BCUT2D eigenvalue weighted by molar-refractivity contribution is 0.261. The molecular weight excluding hydrogens is 264 g/mol. The second-order valence-electron chi connectivity index (χ2n) is 5.96. The lowest BCUT2D eigenvalue weighted by Crippen LogP contribution is -2.19. The number of rotatable bonds is 7. The Balaban J connectivity index is 1.71. The molecule has 4 heteroatoms. The van der Waals surface area contributed by atoms with E-state index < -0.39 is 0 Å². The largest absolute Gasteiger partial charge is 0.492 e. The molecule has 1 aliphatic rings. The zero-order chi connectivity index (χ0) is 14.7. The zero-order valence-electron chi connectivity index (χ0n) is 12.7. The first-order chi connectivity index (χ1) is 10.2. The number of nitrogens with zero attached hydrogens (tertiary/aromatic N) is 2. The van der Waals surface area contributed by atoms with E-state index in [1.54, 1.807) is 6.39 Å². The van der Waals surface area contributed by atoms with Crippen molar-refractivity contribution in [2.75, 3.05) is 27.2 Å². The minimum atomic E-state index is 0.682. The van der Waals surface area contributed by atoms with Crippen molar-refractivity contribution in [3.05, 3.63) is 36.4 Å². The van der Waals surface area contributed by atoms with Crippen LogP contribution < -0.4 is 4.74 Å². The molecule has 1 fully saturated rings. The van der Waals surface area contributed by atoms with Gasteiger partial charge in [0.25, 0.3) is 0 Å². The van der Waals surface area contributed by atoms with Crippen LogP contribution in [0.3, 0.4) is 0 Å². The van der Waals surface area contributed by atoms with Gasteiger partial charge in [-0.3, -0.25) is 0 Å². The number of ether oxygens (including phenoxy) is 1. The van der Waals surface area contributed by atoms with Crippen LogP contribution in [0.1, 0.15) is 18.5 Å². The van der Waals surface area contributed by atoms with Crippen LogP contribution in [-0.4, -0.2) is 37.1 Å². The van der Waals surface area contributed by atoms with E-state index >= 15 is 0 Å². The third kappa shape index (κ3) is 3.85. The van der Waals surface area contributed by atoms with Crippen molar-refractivity contribution in [2.45, 2.75) is 19.3 Å². The number of likely N-dealkylation sites (N-methyl/N-ethyl adjacent to an activating group) is 1. The highest BCUT2D eigenvalue weighted by Gasteiger charge is 2.25. The molecule has 2 aromatic rings. The molecule has 0 N–H and O–H groups in total. The lowest BCUT2D eigenvalue weighted by Gasteiger charge is -2.11. The Labute approximate surface area is 125 Å². The molecule has 0 saturated heterocycles. The van der Waals surface area contributed by atoms with E-state index in [1.807, 2.05) is 32.3 Å². The van der Waals surface area contributed by atoms with E-state index in [0.29, 0.717) is 6.61 Å². The van der Waals surface area contributed by atoms with Crippen LogP contribution in [0.2, 0.25) is 0 Å². The van der Waals surface area contributed by atoms with Gasteiger partial charge in [0.15, 0.2) is 12.2 Å². The highest BCUT2D eigenvalue weighted by atomic mass is 16.5. The molecule has 21 heavy (non-hydrogen) atoms. The van der Waals surface area contributed by atoms with Crippen LogP contribution in [0.5, 0.6) is 5.75 Å². The molecule has 0 atom stereocenters. The molecule has 0 aliphatic heterocycles. The first-order valence-electron chi connectivity index (χ1n) is 7.52. The van der Waals surface area contributed by atoms with Gasteiger partial charge in [-0.2, -0.15) is 0 Å². The van der Waals surface area contributed by atoms with E-state index in [0.717, 1.165) is 41.7 Å². The number of hydrogen-bond acceptors (Lipinski definition) is 4. The molecule has 0 unspecified atom stereocenters. The van der Waals surface area contributed by atoms with E-state index in [2.05, 4.69) is 16.0 Å². The molecule has 1 aliphatic carbocycles. The monoisotopic (exact) mass is 286 g/mol. The van der Waals surface area contributed by atoms with Gasteiger partial charge in [-0.1, -0.05) is 12.1 Å². The minimum Gasteiger partial charge on any atom is -0.492 e. The Morgan fingerprint density at radius 1 is 1.33 bits per heavy atom. The van der Waals surface area contributed by atoms with Crippen molar-refractivity contribution in [3.63, 3.8) is 0 Å². The van der Waals surface area contributed by atoms with E-state index in [4.69, 9.17) is 9.15 Å². The van der Waals surface area contributed by atoms with Crippen LogP contribution in [-0.2, 0) is 6.42 Å². The summed E-state index contributed by atoms with van der Waals surface area (Å²) >= 11 is 0. The zero-order valence-corrected chi connectivity index (χ0v) is 12.7. The molecule has 1 saturated carbocycles. The predicted molar refractivity (Wildman–Crippen MR) is 82.4 cm³/mol. The highest BCUT2D eigenvalue weighted by molar-refractivity contribution is 5.61. The molecule has 112 valence electrons. The van der Waals surface area contributed by atoms with Gasteiger partial charge in [-0.25, -0.2) is 4.98 Å². The van der Waals surface area contributed by atoms with Crippen molar-refractivity contribution in [2.24, 2.45) is 5.92 Å². The molecule has 0 spiro atoms. The van der Waals surface area contributed by atoms with Gasteiger partial charge >= 0.3 is 0 Å². The molecule has 0 amide bonds. The van der Waals surface area contributed by atoms with Crippen LogP contribution >= 0.6 is 0 Å². The van der Waals surface area contributed by atoms with E-state index in [-0.39, 0.29) is 0 Å². The summed E-state index contributed by atoms with van der Waals surface area (Å²) in [5.41, 5.74) is 2.12. The van der Waals surface area contributed by atoms with Crippen LogP contribution in [0.25, 0.3) is 11.3 Å². The average Bonchev–Trinajstić information content (AvgIpc) is 3.14. The van der Waals surface area contributed by atoms with Crippen molar-refractivity contribution >= 4 is 0 Å². The molecule has 0 radical (unpaired) electrons. The Bertz CT molecular complexity index is 588. The topological polar surface area (TPSA) is 38.5 Å². The fraction of sp³-hybridized carbons (Fsp3) is 0.471. The summed E-state index contributed by atoms with van der Waals surface area (Å²) < 4.78 is 11.4. The van der Waals surface area contributed by atoms with Crippen molar-refractivity contribution in [1.82, 2.24) is 9.88 Å². The number of aromatic nitrogens is 1. The van der Waals surface area contributed by atoms with Gasteiger partial charge < -0.3 is 14.1 Å². The summed E-state index contributed by atoms with van der Waals surface area (Å²) in [7, 11) is 4.08. The van der Waals surface area contributed by atoms with Crippen LogP contribution in [0.15, 0.2) is 35.1 Å². The van der Waals surface area contributed by atoms with Gasteiger partial charge in [0.2, 0.25) is 0 Å². The third-order valence-electron chi connectivity index (χ3n) is 3.72. The van der Waals surface area contributed by atoms with E-state index in [9.17, 15) is 0 Å². The highest BCUT2D eigenvalue weighted by Crippen LogP contribution is 2.35. The molecule has 1 aromatic carbocycles. The minimum absolute atomic E-state index is 0.682. The molecule has 1 heterocycles. The summed E-state index contributed by atoms with van der Waals surface area (Å²) in [6, 6.07) is 8.07. The molecule has 1 aromatic heterocycles. The summed E-state index contributed by atoms with van der Waals surface area (Å²) in [5.74, 6) is 2.57. The van der Waals surface area contributed by atoms with Gasteiger partial charge in [0.1, 0.15) is 12.4 Å². The average molecular weight is 286 g/mol. The maximum Gasteiger partial charge on any atom is 0.181 e. The lowest BCUT2D eigenvalue weighted by atomic mass is 10.1. The predicted octanol–water partition coefficient (Wildman–Crippen LogP) is 3.23. The quantitative estimate of drug-likeness (QED) is 0.783.